The summed E-state index contributed by atoms with van der Waals surface area (Å²) in [6.45, 7) is 5.80. The van der Waals surface area contributed by atoms with Gasteiger partial charge in [-0.25, -0.2) is 9.50 Å². The zero-order valence-electron chi connectivity index (χ0n) is 16.3. The van der Waals surface area contributed by atoms with Crippen LogP contribution in [0.25, 0.3) is 5.65 Å². The average Bonchev–Trinajstić information content (AvgIpc) is 3.45. The van der Waals surface area contributed by atoms with Crippen molar-refractivity contribution in [2.45, 2.75) is 37.8 Å². The van der Waals surface area contributed by atoms with Gasteiger partial charge in [-0.3, -0.25) is 4.79 Å². The number of piperazine rings is 1. The van der Waals surface area contributed by atoms with E-state index in [0.29, 0.717) is 18.0 Å². The summed E-state index contributed by atoms with van der Waals surface area (Å²) < 4.78 is 1.77. The fourth-order valence-corrected chi connectivity index (χ4v) is 4.68. The largest absolute Gasteiger partial charge is 0.348 e. The molecule has 3 aliphatic rings. The quantitative estimate of drug-likeness (QED) is 0.625. The smallest absolute Gasteiger partial charge is 0.247 e. The van der Waals surface area contributed by atoms with Gasteiger partial charge in [0.25, 0.3) is 0 Å². The number of amides is 1. The highest BCUT2D eigenvalue weighted by Crippen LogP contribution is 2.39. The van der Waals surface area contributed by atoms with Crippen molar-refractivity contribution in [3.05, 3.63) is 36.2 Å². The average molecular weight is 390 g/mol. The number of benzene rings is 1. The van der Waals surface area contributed by atoms with Crippen LogP contribution in [0.15, 0.2) is 30.6 Å². The molecule has 0 saturated carbocycles. The monoisotopic (exact) mass is 390 g/mol. The fourth-order valence-electron chi connectivity index (χ4n) is 4.68. The molecule has 3 aromatic rings. The Morgan fingerprint density at radius 1 is 1.31 bits per heavy atom. The lowest BCUT2D eigenvalue weighted by Gasteiger charge is -2.28. The van der Waals surface area contributed by atoms with Crippen molar-refractivity contribution in [2.24, 2.45) is 0 Å². The molecule has 5 heterocycles. The topological polar surface area (TPSA) is 99.5 Å². The van der Waals surface area contributed by atoms with Gasteiger partial charge in [-0.15, -0.1) is 5.10 Å². The van der Waals surface area contributed by atoms with Crippen LogP contribution >= 0.6 is 0 Å². The third-order valence-corrected chi connectivity index (χ3v) is 6.33. The Hall–Kier alpha value is -3.20. The van der Waals surface area contributed by atoms with E-state index in [1.165, 1.54) is 0 Å². The molecule has 2 saturated heterocycles. The molecular weight excluding hydrogens is 368 g/mol. The van der Waals surface area contributed by atoms with Crippen molar-refractivity contribution < 1.29 is 4.79 Å². The summed E-state index contributed by atoms with van der Waals surface area (Å²) in [5.74, 6) is 1.40. The second-order valence-corrected chi connectivity index (χ2v) is 8.57. The maximum atomic E-state index is 12.2. The first-order chi connectivity index (χ1) is 14.0. The zero-order chi connectivity index (χ0) is 19.8. The Morgan fingerprint density at radius 3 is 3.00 bits per heavy atom. The third-order valence-electron chi connectivity index (χ3n) is 6.33. The highest BCUT2D eigenvalue weighted by molar-refractivity contribution is 6.06. The molecule has 2 atom stereocenters. The second kappa shape index (κ2) is 5.66. The molecule has 9 heteroatoms. The third kappa shape index (κ3) is 2.43. The maximum Gasteiger partial charge on any atom is 0.247 e. The van der Waals surface area contributed by atoms with Crippen LogP contribution in [0.2, 0.25) is 0 Å². The van der Waals surface area contributed by atoms with Gasteiger partial charge in [-0.2, -0.15) is 4.98 Å². The van der Waals surface area contributed by atoms with Crippen molar-refractivity contribution in [3.8, 4) is 0 Å². The highest BCUT2D eigenvalue weighted by atomic mass is 16.2. The first kappa shape index (κ1) is 16.7. The number of hydrogen-bond donors (Lipinski definition) is 3. The predicted octanol–water partition coefficient (Wildman–Crippen LogP) is 1.65. The molecule has 1 amide bonds. The summed E-state index contributed by atoms with van der Waals surface area (Å²) in [5, 5.41) is 14.3. The van der Waals surface area contributed by atoms with E-state index >= 15 is 0 Å². The SMILES string of the molecule is CC1(C)C(=O)Nc2cc(Nc3nc4c(N5CC6CC5CN6)nccn4n3)ccc21. The van der Waals surface area contributed by atoms with Crippen molar-refractivity contribution in [2.75, 3.05) is 28.6 Å². The number of carbonyl (C=O) groups excluding carboxylic acids is 1. The normalized spacial score (nSPS) is 24.2. The number of nitrogens with one attached hydrogen (secondary N) is 3. The molecule has 0 radical (unpaired) electrons. The molecule has 2 aromatic heterocycles. The number of fused-ring (bicyclic) bond motifs is 4. The van der Waals surface area contributed by atoms with Crippen LogP contribution in [0.5, 0.6) is 0 Å². The predicted molar refractivity (Wildman–Crippen MR) is 110 cm³/mol. The van der Waals surface area contributed by atoms with Crippen LogP contribution in [0.3, 0.4) is 0 Å². The number of hydrogen-bond acceptors (Lipinski definition) is 7. The van der Waals surface area contributed by atoms with Crippen LogP contribution in [-0.2, 0) is 10.2 Å². The van der Waals surface area contributed by atoms with E-state index in [9.17, 15) is 4.79 Å². The standard InChI is InChI=1S/C20H22N8O/c1-20(2)14-4-3-11(8-15(14)24-18(20)29)23-19-25-17-16(21-5-6-28(17)26-19)27-10-12-7-13(27)9-22-12/h3-6,8,12-13,22H,7,9-10H2,1-2H3,(H,23,26)(H,24,29). The van der Waals surface area contributed by atoms with Gasteiger partial charge in [0, 0.05) is 48.9 Å². The Balaban J connectivity index is 1.32. The maximum absolute atomic E-state index is 12.2. The van der Waals surface area contributed by atoms with Gasteiger partial charge >= 0.3 is 0 Å². The van der Waals surface area contributed by atoms with Gasteiger partial charge in [0.05, 0.1) is 5.41 Å². The van der Waals surface area contributed by atoms with Gasteiger partial charge in [0.1, 0.15) is 0 Å². The molecule has 148 valence electrons. The van der Waals surface area contributed by atoms with Gasteiger partial charge in [-0.1, -0.05) is 6.07 Å². The lowest BCUT2D eigenvalue weighted by atomic mass is 9.86. The van der Waals surface area contributed by atoms with Crippen molar-refractivity contribution in [1.82, 2.24) is 24.9 Å². The van der Waals surface area contributed by atoms with Crippen LogP contribution < -0.4 is 20.9 Å². The molecule has 3 aliphatic heterocycles. The van der Waals surface area contributed by atoms with Crippen molar-refractivity contribution >= 4 is 34.7 Å². The van der Waals surface area contributed by atoms with Crippen molar-refractivity contribution in [1.29, 1.82) is 0 Å². The summed E-state index contributed by atoms with van der Waals surface area (Å²) in [6.07, 6.45) is 4.74. The fraction of sp³-hybridized carbons (Fsp3) is 0.400. The van der Waals surface area contributed by atoms with Gasteiger partial charge in [0.15, 0.2) is 11.5 Å². The molecule has 1 aromatic carbocycles. The zero-order valence-corrected chi connectivity index (χ0v) is 16.3. The van der Waals surface area contributed by atoms with Crippen LogP contribution in [0.1, 0.15) is 25.8 Å². The van der Waals surface area contributed by atoms with E-state index in [-0.39, 0.29) is 5.91 Å². The Labute approximate surface area is 167 Å². The molecule has 6 rings (SSSR count). The number of nitrogens with zero attached hydrogens (tertiary/aromatic N) is 5. The second-order valence-electron chi connectivity index (χ2n) is 8.57. The lowest BCUT2D eigenvalue weighted by Crippen LogP contribution is -2.44. The number of anilines is 4. The minimum absolute atomic E-state index is 0.0145. The minimum atomic E-state index is -0.514. The van der Waals surface area contributed by atoms with Gasteiger partial charge in [0.2, 0.25) is 11.9 Å². The molecule has 0 spiro atoms. The van der Waals surface area contributed by atoms with Crippen LogP contribution in [-0.4, -0.2) is 50.7 Å². The van der Waals surface area contributed by atoms with E-state index in [2.05, 4.69) is 30.9 Å². The first-order valence-electron chi connectivity index (χ1n) is 9.93. The highest BCUT2D eigenvalue weighted by Gasteiger charge is 2.40. The Kier molecular flexibility index (Phi) is 3.27. The molecule has 2 fully saturated rings. The summed E-state index contributed by atoms with van der Waals surface area (Å²) in [4.78, 5) is 23.8. The minimum Gasteiger partial charge on any atom is -0.348 e. The Morgan fingerprint density at radius 2 is 2.21 bits per heavy atom. The number of carbonyl (C=O) groups is 1. The number of aromatic nitrogens is 4. The van der Waals surface area contributed by atoms with E-state index < -0.39 is 5.41 Å². The Bertz CT molecular complexity index is 1150. The van der Waals surface area contributed by atoms with Gasteiger partial charge in [-0.05, 0) is 38.0 Å². The van der Waals surface area contributed by atoms with E-state index in [4.69, 9.17) is 4.98 Å². The number of rotatable bonds is 3. The summed E-state index contributed by atoms with van der Waals surface area (Å²) in [6, 6.07) is 6.87. The molecule has 9 nitrogen and oxygen atoms in total. The molecular formula is C20H22N8O. The summed E-state index contributed by atoms with van der Waals surface area (Å²) in [7, 11) is 0. The van der Waals surface area contributed by atoms with Gasteiger partial charge < -0.3 is 20.9 Å². The summed E-state index contributed by atoms with van der Waals surface area (Å²) in [5.41, 5.74) is 2.89. The molecule has 29 heavy (non-hydrogen) atoms. The summed E-state index contributed by atoms with van der Waals surface area (Å²) >= 11 is 0. The van der Waals surface area contributed by atoms with E-state index in [0.717, 1.165) is 47.9 Å². The van der Waals surface area contributed by atoms with Crippen LogP contribution in [0, 0.1) is 0 Å². The molecule has 2 unspecified atom stereocenters. The lowest BCUT2D eigenvalue weighted by molar-refractivity contribution is -0.119. The van der Waals surface area contributed by atoms with E-state index in [1.54, 1.807) is 10.7 Å². The molecule has 0 aliphatic carbocycles. The van der Waals surface area contributed by atoms with E-state index in [1.807, 2.05) is 38.2 Å². The molecule has 3 N–H and O–H groups in total. The molecule has 2 bridgehead atoms. The first-order valence-corrected chi connectivity index (χ1v) is 9.93. The van der Waals surface area contributed by atoms with Crippen molar-refractivity contribution in [3.63, 3.8) is 0 Å². The van der Waals surface area contributed by atoms with Crippen LogP contribution in [0.4, 0.5) is 23.1 Å².